The van der Waals surface area contributed by atoms with Gasteiger partial charge < -0.3 is 9.42 Å². The standard InChI is InChI=1S/C7H13O3P/c1-3-5-6-7-10-11(8,9)4-2/h4-6H,2-3,7H2,1H3,(H,8,9). The van der Waals surface area contributed by atoms with Crippen LogP contribution in [0, 0.1) is 0 Å². The molecular weight excluding hydrogens is 163 g/mol. The molecule has 0 aliphatic carbocycles. The van der Waals surface area contributed by atoms with Crippen molar-refractivity contribution in [3.63, 3.8) is 0 Å². The first-order chi connectivity index (χ1) is 5.12. The molecule has 0 aliphatic rings. The zero-order valence-electron chi connectivity index (χ0n) is 6.56. The van der Waals surface area contributed by atoms with E-state index in [0.29, 0.717) is 0 Å². The molecule has 0 aromatic rings. The quantitative estimate of drug-likeness (QED) is 0.516. The summed E-state index contributed by atoms with van der Waals surface area (Å²) >= 11 is 0. The van der Waals surface area contributed by atoms with Gasteiger partial charge in [0.25, 0.3) is 0 Å². The van der Waals surface area contributed by atoms with Crippen molar-refractivity contribution >= 4 is 7.60 Å². The van der Waals surface area contributed by atoms with Crippen molar-refractivity contribution in [2.75, 3.05) is 6.61 Å². The third kappa shape index (κ3) is 6.05. The number of hydrogen-bond donors (Lipinski definition) is 1. The number of rotatable bonds is 5. The van der Waals surface area contributed by atoms with Crippen molar-refractivity contribution in [1.82, 2.24) is 0 Å². The second kappa shape index (κ2) is 5.30. The Kier molecular flexibility index (Phi) is 5.12. The van der Waals surface area contributed by atoms with Gasteiger partial charge >= 0.3 is 7.60 Å². The van der Waals surface area contributed by atoms with Crippen molar-refractivity contribution in [3.05, 3.63) is 24.5 Å². The van der Waals surface area contributed by atoms with Gasteiger partial charge in [0.15, 0.2) is 0 Å². The number of hydrogen-bond acceptors (Lipinski definition) is 2. The van der Waals surface area contributed by atoms with Gasteiger partial charge in [0, 0.05) is 5.82 Å². The summed E-state index contributed by atoms with van der Waals surface area (Å²) in [5.41, 5.74) is 0. The molecule has 1 unspecified atom stereocenters. The minimum atomic E-state index is -3.50. The first kappa shape index (κ1) is 10.6. The lowest BCUT2D eigenvalue weighted by Gasteiger charge is -2.03. The van der Waals surface area contributed by atoms with E-state index in [1.807, 2.05) is 13.0 Å². The maximum absolute atomic E-state index is 10.7. The van der Waals surface area contributed by atoms with Crippen LogP contribution >= 0.6 is 7.60 Å². The third-order valence-electron chi connectivity index (χ3n) is 0.989. The molecule has 0 radical (unpaired) electrons. The van der Waals surface area contributed by atoms with Crippen molar-refractivity contribution in [2.45, 2.75) is 13.3 Å². The lowest BCUT2D eigenvalue weighted by atomic mass is 10.4. The Bertz CT molecular complexity index is 186. The molecule has 0 aromatic heterocycles. The van der Waals surface area contributed by atoms with Gasteiger partial charge in [0.05, 0.1) is 6.61 Å². The highest BCUT2D eigenvalue weighted by Crippen LogP contribution is 2.42. The Morgan fingerprint density at radius 3 is 2.73 bits per heavy atom. The van der Waals surface area contributed by atoms with Crippen LogP contribution in [0.4, 0.5) is 0 Å². The molecular formula is C7H13O3P. The van der Waals surface area contributed by atoms with Crippen LogP contribution in [0.5, 0.6) is 0 Å². The van der Waals surface area contributed by atoms with Gasteiger partial charge in [-0.2, -0.15) is 0 Å². The summed E-state index contributed by atoms with van der Waals surface area (Å²) in [5.74, 6) is 0.923. The first-order valence-electron chi connectivity index (χ1n) is 3.38. The molecule has 0 aromatic carbocycles. The van der Waals surface area contributed by atoms with E-state index in [1.165, 1.54) is 0 Å². The Balaban J connectivity index is 3.62. The van der Waals surface area contributed by atoms with Crippen molar-refractivity contribution in [1.29, 1.82) is 0 Å². The second-order valence-corrected chi connectivity index (χ2v) is 3.67. The first-order valence-corrected chi connectivity index (χ1v) is 5.02. The predicted octanol–water partition coefficient (Wildman–Crippen LogP) is 2.30. The molecule has 0 fully saturated rings. The normalized spacial score (nSPS) is 16.5. The van der Waals surface area contributed by atoms with Crippen LogP contribution in [-0.4, -0.2) is 11.5 Å². The highest BCUT2D eigenvalue weighted by Gasteiger charge is 2.10. The zero-order chi connectivity index (χ0) is 8.74. The van der Waals surface area contributed by atoms with E-state index in [4.69, 9.17) is 4.89 Å². The molecule has 3 nitrogen and oxygen atoms in total. The van der Waals surface area contributed by atoms with Gasteiger partial charge in [-0.3, -0.25) is 4.57 Å². The van der Waals surface area contributed by atoms with E-state index in [2.05, 4.69) is 11.1 Å². The zero-order valence-corrected chi connectivity index (χ0v) is 7.46. The Morgan fingerprint density at radius 2 is 2.27 bits per heavy atom. The fraction of sp³-hybridized carbons (Fsp3) is 0.429. The van der Waals surface area contributed by atoms with Gasteiger partial charge in [-0.15, -0.1) is 0 Å². The lowest BCUT2D eigenvalue weighted by molar-refractivity contribution is 0.297. The Hall–Kier alpha value is -0.370. The molecule has 0 saturated carbocycles. The summed E-state index contributed by atoms with van der Waals surface area (Å²) in [5, 5.41) is 0. The largest absolute Gasteiger partial charge is 0.351 e. The molecule has 1 atom stereocenters. The molecule has 0 saturated heterocycles. The summed E-state index contributed by atoms with van der Waals surface area (Å²) < 4.78 is 15.3. The fourth-order valence-electron chi connectivity index (χ4n) is 0.437. The molecule has 0 amide bonds. The molecule has 1 N–H and O–H groups in total. The Morgan fingerprint density at radius 1 is 1.64 bits per heavy atom. The van der Waals surface area contributed by atoms with Crippen LogP contribution in [0.1, 0.15) is 13.3 Å². The van der Waals surface area contributed by atoms with E-state index >= 15 is 0 Å². The average Bonchev–Trinajstić information content (AvgIpc) is 1.99. The van der Waals surface area contributed by atoms with E-state index in [-0.39, 0.29) is 6.61 Å². The summed E-state index contributed by atoms with van der Waals surface area (Å²) in [6, 6.07) is 0. The summed E-state index contributed by atoms with van der Waals surface area (Å²) in [6.07, 6.45) is 4.46. The SMILES string of the molecule is C=CP(=O)(O)OCC=CCC. The predicted molar refractivity (Wildman–Crippen MR) is 45.4 cm³/mol. The molecule has 64 valence electrons. The third-order valence-corrected chi connectivity index (χ3v) is 1.97. The molecule has 0 aliphatic heterocycles. The minimum Gasteiger partial charge on any atom is -0.321 e. The van der Waals surface area contributed by atoms with Crippen LogP contribution in [0.3, 0.4) is 0 Å². The Labute approximate surface area is 66.9 Å². The fourth-order valence-corrected chi connectivity index (χ4v) is 0.842. The molecule has 0 spiro atoms. The van der Waals surface area contributed by atoms with E-state index in [1.54, 1.807) is 6.08 Å². The molecule has 11 heavy (non-hydrogen) atoms. The summed E-state index contributed by atoms with van der Waals surface area (Å²) in [7, 11) is -3.50. The van der Waals surface area contributed by atoms with Crippen molar-refractivity contribution in [2.24, 2.45) is 0 Å². The summed E-state index contributed by atoms with van der Waals surface area (Å²) in [4.78, 5) is 8.80. The topological polar surface area (TPSA) is 46.5 Å². The van der Waals surface area contributed by atoms with Crippen molar-refractivity contribution in [3.8, 4) is 0 Å². The van der Waals surface area contributed by atoms with Crippen molar-refractivity contribution < 1.29 is 14.0 Å². The highest BCUT2D eigenvalue weighted by atomic mass is 31.2. The minimum absolute atomic E-state index is 0.160. The van der Waals surface area contributed by atoms with E-state index in [0.717, 1.165) is 12.2 Å². The van der Waals surface area contributed by atoms with Crippen LogP contribution in [0.15, 0.2) is 24.5 Å². The number of allylic oxidation sites excluding steroid dienone is 1. The van der Waals surface area contributed by atoms with Crippen LogP contribution < -0.4 is 0 Å². The van der Waals surface area contributed by atoms with E-state index in [9.17, 15) is 4.57 Å². The van der Waals surface area contributed by atoms with Crippen LogP contribution in [0.2, 0.25) is 0 Å². The smallest absolute Gasteiger partial charge is 0.321 e. The molecule has 0 heterocycles. The molecule has 0 bridgehead atoms. The van der Waals surface area contributed by atoms with Crippen LogP contribution in [-0.2, 0) is 9.09 Å². The monoisotopic (exact) mass is 176 g/mol. The van der Waals surface area contributed by atoms with Gasteiger partial charge in [-0.1, -0.05) is 25.7 Å². The molecule has 0 rings (SSSR count). The van der Waals surface area contributed by atoms with Gasteiger partial charge in [-0.25, -0.2) is 0 Å². The lowest BCUT2D eigenvalue weighted by Crippen LogP contribution is -1.85. The maximum Gasteiger partial charge on any atom is 0.351 e. The highest BCUT2D eigenvalue weighted by molar-refractivity contribution is 7.56. The van der Waals surface area contributed by atoms with Gasteiger partial charge in [0.1, 0.15) is 0 Å². The maximum atomic E-state index is 10.7. The average molecular weight is 176 g/mol. The molecule has 4 heteroatoms. The second-order valence-electron chi connectivity index (χ2n) is 1.92. The van der Waals surface area contributed by atoms with Crippen LogP contribution in [0.25, 0.3) is 0 Å². The van der Waals surface area contributed by atoms with E-state index < -0.39 is 7.60 Å². The van der Waals surface area contributed by atoms with Gasteiger partial charge in [-0.05, 0) is 6.42 Å². The van der Waals surface area contributed by atoms with Gasteiger partial charge in [0.2, 0.25) is 0 Å². The summed E-state index contributed by atoms with van der Waals surface area (Å²) in [6.45, 7) is 5.30.